The molecule has 0 fully saturated rings. The third-order valence-corrected chi connectivity index (χ3v) is 3.63. The summed E-state index contributed by atoms with van der Waals surface area (Å²) in [5.74, 6) is -1.77. The van der Waals surface area contributed by atoms with Crippen LogP contribution in [0.15, 0.2) is 24.3 Å². The van der Waals surface area contributed by atoms with E-state index in [0.717, 1.165) is 0 Å². The summed E-state index contributed by atoms with van der Waals surface area (Å²) in [6.45, 7) is 4.97. The Morgan fingerprint density at radius 2 is 2.05 bits per heavy atom. The molecule has 1 aromatic carbocycles. The summed E-state index contributed by atoms with van der Waals surface area (Å²) in [5, 5.41) is 22.4. The van der Waals surface area contributed by atoms with Crippen LogP contribution in [0.4, 0.5) is 11.4 Å². The number of nitro benzene ring substituents is 1. The van der Waals surface area contributed by atoms with Crippen LogP contribution in [0.25, 0.3) is 0 Å². The Balaban J connectivity index is 2.84. The van der Waals surface area contributed by atoms with Gasteiger partial charge in [-0.05, 0) is 18.9 Å². The molecular weight excluding hydrogens is 276 g/mol. The second-order valence-electron chi connectivity index (χ2n) is 5.41. The lowest BCUT2D eigenvalue weighted by atomic mass is 9.76. The molecule has 0 radical (unpaired) electrons. The molecule has 0 bridgehead atoms. The molecule has 1 aromatic rings. The van der Waals surface area contributed by atoms with E-state index in [9.17, 15) is 24.8 Å². The number of carbonyl (C=O) groups excluding carboxylic acids is 1. The fourth-order valence-corrected chi connectivity index (χ4v) is 1.76. The first-order valence-corrected chi connectivity index (χ1v) is 6.44. The maximum Gasteiger partial charge on any atom is 0.310 e. The van der Waals surface area contributed by atoms with Gasteiger partial charge in [0.2, 0.25) is 5.91 Å². The van der Waals surface area contributed by atoms with Crippen molar-refractivity contribution >= 4 is 23.3 Å². The van der Waals surface area contributed by atoms with Gasteiger partial charge in [-0.2, -0.15) is 0 Å². The number of nitro groups is 1. The molecule has 0 spiro atoms. The van der Waals surface area contributed by atoms with Crippen molar-refractivity contribution in [2.75, 3.05) is 5.32 Å². The van der Waals surface area contributed by atoms with E-state index in [1.165, 1.54) is 31.2 Å². The minimum absolute atomic E-state index is 0.141. The van der Waals surface area contributed by atoms with Crippen LogP contribution in [-0.2, 0) is 9.59 Å². The topological polar surface area (TPSA) is 110 Å². The van der Waals surface area contributed by atoms with Gasteiger partial charge in [-0.1, -0.05) is 19.9 Å². The average Bonchev–Trinajstić information content (AvgIpc) is 2.38. The van der Waals surface area contributed by atoms with Gasteiger partial charge in [-0.3, -0.25) is 19.7 Å². The fraction of sp³-hybridized carbons (Fsp3) is 0.429. The maximum absolute atomic E-state index is 12.0. The Bertz CT molecular complexity index is 570. The monoisotopic (exact) mass is 294 g/mol. The van der Waals surface area contributed by atoms with Crippen molar-refractivity contribution in [1.29, 1.82) is 0 Å². The molecule has 1 rings (SSSR count). The first-order valence-electron chi connectivity index (χ1n) is 6.44. The standard InChI is InChI=1S/C14H18N2O5/c1-9(2)14(3,13(18)19)8-12(17)15-10-5-4-6-11(7-10)16(20)21/h4-7,9H,8H2,1-3H3,(H,15,17)(H,18,19). The molecule has 114 valence electrons. The lowest BCUT2D eigenvalue weighted by molar-refractivity contribution is -0.384. The summed E-state index contributed by atoms with van der Waals surface area (Å²) >= 11 is 0. The number of hydrogen-bond acceptors (Lipinski definition) is 4. The highest BCUT2D eigenvalue weighted by atomic mass is 16.6. The average molecular weight is 294 g/mol. The van der Waals surface area contributed by atoms with E-state index in [0.29, 0.717) is 0 Å². The van der Waals surface area contributed by atoms with Crippen LogP contribution in [0.2, 0.25) is 0 Å². The van der Waals surface area contributed by atoms with Crippen LogP contribution in [0, 0.1) is 21.4 Å². The van der Waals surface area contributed by atoms with E-state index >= 15 is 0 Å². The number of hydrogen-bond donors (Lipinski definition) is 2. The number of anilines is 1. The van der Waals surface area contributed by atoms with Crippen molar-refractivity contribution in [2.45, 2.75) is 27.2 Å². The van der Waals surface area contributed by atoms with Gasteiger partial charge in [-0.25, -0.2) is 0 Å². The number of benzene rings is 1. The van der Waals surface area contributed by atoms with E-state index in [4.69, 9.17) is 0 Å². The summed E-state index contributed by atoms with van der Waals surface area (Å²) in [5.41, 5.74) is -1.06. The smallest absolute Gasteiger partial charge is 0.310 e. The highest BCUT2D eigenvalue weighted by molar-refractivity contribution is 5.94. The molecule has 7 nitrogen and oxygen atoms in total. The first-order chi connectivity index (χ1) is 9.66. The zero-order valence-electron chi connectivity index (χ0n) is 12.1. The second kappa shape index (κ2) is 6.34. The van der Waals surface area contributed by atoms with Gasteiger partial charge in [0.1, 0.15) is 0 Å². The minimum atomic E-state index is -1.19. The summed E-state index contributed by atoms with van der Waals surface area (Å²) in [7, 11) is 0. The first kappa shape index (κ1) is 16.6. The number of non-ortho nitro benzene ring substituents is 1. The van der Waals surface area contributed by atoms with Gasteiger partial charge in [0.05, 0.1) is 10.3 Å². The maximum atomic E-state index is 12.0. The van der Waals surface area contributed by atoms with Gasteiger partial charge < -0.3 is 10.4 Å². The van der Waals surface area contributed by atoms with Crippen molar-refractivity contribution in [2.24, 2.45) is 11.3 Å². The molecule has 0 aliphatic carbocycles. The number of nitrogens with one attached hydrogen (secondary N) is 1. The van der Waals surface area contributed by atoms with Crippen molar-refractivity contribution in [3.63, 3.8) is 0 Å². The molecular formula is C14H18N2O5. The largest absolute Gasteiger partial charge is 0.481 e. The zero-order valence-corrected chi connectivity index (χ0v) is 12.1. The summed E-state index contributed by atoms with van der Waals surface area (Å²) in [4.78, 5) is 33.4. The molecule has 7 heteroatoms. The van der Waals surface area contributed by atoms with E-state index in [-0.39, 0.29) is 23.7 Å². The number of rotatable bonds is 6. The zero-order chi connectivity index (χ0) is 16.2. The molecule has 1 atom stereocenters. The molecule has 0 aliphatic rings. The predicted molar refractivity (Wildman–Crippen MR) is 76.9 cm³/mol. The Kier molecular flexibility index (Phi) is 5.02. The fourth-order valence-electron chi connectivity index (χ4n) is 1.76. The third-order valence-electron chi connectivity index (χ3n) is 3.63. The van der Waals surface area contributed by atoms with E-state index in [1.807, 2.05) is 0 Å². The van der Waals surface area contributed by atoms with E-state index < -0.39 is 22.2 Å². The summed E-state index contributed by atoms with van der Waals surface area (Å²) < 4.78 is 0. The Morgan fingerprint density at radius 3 is 2.52 bits per heavy atom. The number of carboxylic acids is 1. The Morgan fingerprint density at radius 1 is 1.43 bits per heavy atom. The molecule has 0 aromatic heterocycles. The highest BCUT2D eigenvalue weighted by Gasteiger charge is 2.38. The molecule has 1 amide bonds. The van der Waals surface area contributed by atoms with Gasteiger partial charge in [0.15, 0.2) is 0 Å². The lowest BCUT2D eigenvalue weighted by Gasteiger charge is -2.28. The molecule has 0 saturated heterocycles. The molecule has 1 unspecified atom stereocenters. The Labute approximate surface area is 122 Å². The summed E-state index contributed by atoms with van der Waals surface area (Å²) in [6, 6.07) is 5.50. The van der Waals surface area contributed by atoms with Crippen molar-refractivity contribution in [3.8, 4) is 0 Å². The van der Waals surface area contributed by atoms with Gasteiger partial charge in [0.25, 0.3) is 5.69 Å². The van der Waals surface area contributed by atoms with Gasteiger partial charge >= 0.3 is 5.97 Å². The van der Waals surface area contributed by atoms with Crippen molar-refractivity contribution < 1.29 is 19.6 Å². The number of nitrogens with zero attached hydrogens (tertiary/aromatic N) is 1. The van der Waals surface area contributed by atoms with Crippen LogP contribution in [-0.4, -0.2) is 21.9 Å². The normalized spacial score (nSPS) is 13.5. The second-order valence-corrected chi connectivity index (χ2v) is 5.41. The number of aliphatic carboxylic acids is 1. The number of carbonyl (C=O) groups is 2. The van der Waals surface area contributed by atoms with Crippen molar-refractivity contribution in [1.82, 2.24) is 0 Å². The van der Waals surface area contributed by atoms with Crippen LogP contribution in [0.3, 0.4) is 0 Å². The van der Waals surface area contributed by atoms with E-state index in [1.54, 1.807) is 13.8 Å². The van der Waals surface area contributed by atoms with Crippen LogP contribution in [0.5, 0.6) is 0 Å². The van der Waals surface area contributed by atoms with Crippen molar-refractivity contribution in [3.05, 3.63) is 34.4 Å². The molecule has 21 heavy (non-hydrogen) atoms. The van der Waals surface area contributed by atoms with Crippen LogP contribution >= 0.6 is 0 Å². The van der Waals surface area contributed by atoms with Gasteiger partial charge in [-0.15, -0.1) is 0 Å². The Hall–Kier alpha value is -2.44. The summed E-state index contributed by atoms with van der Waals surface area (Å²) in [6.07, 6.45) is -0.206. The molecule has 2 N–H and O–H groups in total. The number of amides is 1. The lowest BCUT2D eigenvalue weighted by Crippen LogP contribution is -2.37. The highest BCUT2D eigenvalue weighted by Crippen LogP contribution is 2.32. The SMILES string of the molecule is CC(C)C(C)(CC(=O)Nc1cccc([N+](=O)[O-])c1)C(=O)O. The molecule has 0 saturated carbocycles. The quantitative estimate of drug-likeness (QED) is 0.619. The van der Waals surface area contributed by atoms with Crippen LogP contribution < -0.4 is 5.32 Å². The van der Waals surface area contributed by atoms with E-state index in [2.05, 4.69) is 5.32 Å². The third kappa shape index (κ3) is 4.01. The minimum Gasteiger partial charge on any atom is -0.481 e. The molecule has 0 heterocycles. The molecule has 0 aliphatic heterocycles. The van der Waals surface area contributed by atoms with Crippen LogP contribution in [0.1, 0.15) is 27.2 Å². The van der Waals surface area contributed by atoms with Gasteiger partial charge in [0, 0.05) is 24.2 Å². The predicted octanol–water partition coefficient (Wildman–Crippen LogP) is 2.67. The number of carboxylic acid groups (broad SMARTS) is 1.